The number of furan rings is 1. The van der Waals surface area contributed by atoms with Gasteiger partial charge in [-0.3, -0.25) is 10.1 Å². The van der Waals surface area contributed by atoms with Crippen molar-refractivity contribution in [1.82, 2.24) is 10.6 Å². The van der Waals surface area contributed by atoms with Crippen LogP contribution < -0.4 is 15.4 Å². The number of carbonyl (C=O) groups is 1. The molecule has 1 atom stereocenters. The third-order valence-electron chi connectivity index (χ3n) is 5.16. The first-order valence-corrected chi connectivity index (χ1v) is 9.06. The summed E-state index contributed by atoms with van der Waals surface area (Å²) in [5, 5.41) is 16.4. The molecule has 3 fully saturated rings. The van der Waals surface area contributed by atoms with Gasteiger partial charge in [0.05, 0.1) is 11.3 Å². The fourth-order valence-electron chi connectivity index (χ4n) is 4.08. The lowest BCUT2D eigenvalue weighted by Gasteiger charge is -2.71. The van der Waals surface area contributed by atoms with Crippen molar-refractivity contribution in [3.8, 4) is 5.75 Å². The highest BCUT2D eigenvalue weighted by Gasteiger charge is 2.69. The number of aryl methyl sites for hydroxylation is 1. The molecule has 6 nitrogen and oxygen atoms in total. The molecule has 0 saturated heterocycles. The van der Waals surface area contributed by atoms with E-state index < -0.39 is 12.0 Å². The normalized spacial score (nSPS) is 26.7. The van der Waals surface area contributed by atoms with Crippen LogP contribution in [0.5, 0.6) is 5.75 Å². The minimum Gasteiger partial charge on any atom is -0.484 e. The van der Waals surface area contributed by atoms with Crippen molar-refractivity contribution >= 4 is 17.5 Å². The van der Waals surface area contributed by atoms with Crippen LogP contribution in [0.2, 0.25) is 5.02 Å². The number of hydrogen-bond donors (Lipinski definition) is 3. The Labute approximate surface area is 160 Å². The van der Waals surface area contributed by atoms with Gasteiger partial charge in [-0.2, -0.15) is 0 Å². The lowest BCUT2D eigenvalue weighted by molar-refractivity contribution is -0.152. The second kappa shape index (κ2) is 6.51. The van der Waals surface area contributed by atoms with E-state index in [2.05, 4.69) is 10.6 Å². The lowest BCUT2D eigenvalue weighted by Crippen LogP contribution is -2.83. The van der Waals surface area contributed by atoms with Crippen molar-refractivity contribution in [3.63, 3.8) is 0 Å². The molecule has 1 aromatic carbocycles. The highest BCUT2D eigenvalue weighted by molar-refractivity contribution is 6.30. The molecular weight excluding hydrogens is 375 g/mol. The predicted molar refractivity (Wildman–Crippen MR) is 95.9 cm³/mol. The van der Waals surface area contributed by atoms with E-state index in [4.69, 9.17) is 20.8 Å². The van der Waals surface area contributed by atoms with Crippen molar-refractivity contribution in [3.05, 3.63) is 52.7 Å². The molecule has 144 valence electrons. The zero-order valence-corrected chi connectivity index (χ0v) is 15.5. The topological polar surface area (TPSA) is 83.7 Å². The molecule has 3 saturated carbocycles. The molecular formula is C19H20ClFN2O4. The van der Waals surface area contributed by atoms with Crippen LogP contribution in [-0.4, -0.2) is 28.7 Å². The average molecular weight is 395 g/mol. The number of aliphatic hydroxyl groups excluding tert-OH is 1. The van der Waals surface area contributed by atoms with Crippen molar-refractivity contribution in [2.75, 3.05) is 6.61 Å². The predicted octanol–water partition coefficient (Wildman–Crippen LogP) is 2.83. The SMILES string of the molecule is Cc1coc(C(O)NC23CC(NC(=O)COc4ccc(Cl)c(F)c4)(C2)C3)c1. The maximum absolute atomic E-state index is 13.4. The van der Waals surface area contributed by atoms with Crippen molar-refractivity contribution in [2.45, 2.75) is 43.5 Å². The maximum atomic E-state index is 13.4. The highest BCUT2D eigenvalue weighted by Crippen LogP contribution is 2.60. The van der Waals surface area contributed by atoms with E-state index in [0.29, 0.717) is 5.76 Å². The molecule has 5 rings (SSSR count). The summed E-state index contributed by atoms with van der Waals surface area (Å²) in [6, 6.07) is 5.83. The molecule has 27 heavy (non-hydrogen) atoms. The first-order valence-electron chi connectivity index (χ1n) is 8.68. The Bertz CT molecular complexity index is 865. The highest BCUT2D eigenvalue weighted by atomic mass is 35.5. The minimum absolute atomic E-state index is 0.00497. The molecule has 0 spiro atoms. The number of rotatable bonds is 7. The number of nitrogens with one attached hydrogen (secondary N) is 2. The molecule has 3 aliphatic carbocycles. The summed E-state index contributed by atoms with van der Waals surface area (Å²) in [4.78, 5) is 12.1. The van der Waals surface area contributed by atoms with Gasteiger partial charge < -0.3 is 19.6 Å². The molecule has 1 aromatic heterocycles. The Kier molecular flexibility index (Phi) is 4.41. The minimum atomic E-state index is -0.865. The molecule has 1 unspecified atom stereocenters. The van der Waals surface area contributed by atoms with E-state index in [0.717, 1.165) is 30.9 Å². The van der Waals surface area contributed by atoms with Gasteiger partial charge in [0.1, 0.15) is 17.3 Å². The van der Waals surface area contributed by atoms with Gasteiger partial charge in [0, 0.05) is 17.1 Å². The van der Waals surface area contributed by atoms with Crippen molar-refractivity contribution < 1.29 is 23.4 Å². The molecule has 2 aromatic rings. The maximum Gasteiger partial charge on any atom is 0.258 e. The second-order valence-electron chi connectivity index (χ2n) is 7.58. The summed E-state index contributed by atoms with van der Waals surface area (Å²) < 4.78 is 24.0. The molecule has 8 heteroatoms. The summed E-state index contributed by atoms with van der Waals surface area (Å²) in [5.74, 6) is -0.119. The monoisotopic (exact) mass is 394 g/mol. The average Bonchev–Trinajstić information content (AvgIpc) is 2.99. The molecule has 2 bridgehead atoms. The van der Waals surface area contributed by atoms with Crippen LogP contribution in [-0.2, 0) is 4.79 Å². The van der Waals surface area contributed by atoms with E-state index >= 15 is 0 Å². The van der Waals surface area contributed by atoms with E-state index in [1.807, 2.05) is 6.92 Å². The number of hydrogen-bond acceptors (Lipinski definition) is 5. The van der Waals surface area contributed by atoms with Gasteiger partial charge in [0.15, 0.2) is 12.8 Å². The molecule has 1 amide bonds. The van der Waals surface area contributed by atoms with Gasteiger partial charge in [0.25, 0.3) is 5.91 Å². The standard InChI is InChI=1S/C19H20ClFN2O4/c1-11-4-15(27-6-11)17(25)23-19-8-18(9-19,10-19)22-16(24)7-26-12-2-3-13(20)14(21)5-12/h2-6,17,23,25H,7-10H2,1H3,(H,22,24). The number of amides is 1. The smallest absolute Gasteiger partial charge is 0.258 e. The van der Waals surface area contributed by atoms with Crippen molar-refractivity contribution in [2.24, 2.45) is 0 Å². The van der Waals surface area contributed by atoms with Crippen LogP contribution in [0, 0.1) is 12.7 Å². The Morgan fingerprint density at radius 1 is 1.37 bits per heavy atom. The van der Waals surface area contributed by atoms with Gasteiger partial charge in [0.2, 0.25) is 0 Å². The van der Waals surface area contributed by atoms with E-state index in [1.165, 1.54) is 12.1 Å². The Morgan fingerprint density at radius 2 is 2.11 bits per heavy atom. The van der Waals surface area contributed by atoms with Crippen LogP contribution in [0.15, 0.2) is 34.9 Å². The number of benzene rings is 1. The third kappa shape index (κ3) is 3.54. The summed E-state index contributed by atoms with van der Waals surface area (Å²) in [7, 11) is 0. The quantitative estimate of drug-likeness (QED) is 0.629. The van der Waals surface area contributed by atoms with E-state index in [9.17, 15) is 14.3 Å². The van der Waals surface area contributed by atoms with Gasteiger partial charge in [-0.25, -0.2) is 4.39 Å². The summed E-state index contributed by atoms with van der Waals surface area (Å²) in [6.07, 6.45) is 2.93. The van der Waals surface area contributed by atoms with Gasteiger partial charge >= 0.3 is 0 Å². The Hall–Kier alpha value is -2.09. The fourth-order valence-corrected chi connectivity index (χ4v) is 4.20. The van der Waals surface area contributed by atoms with E-state index in [1.54, 1.807) is 12.3 Å². The number of ether oxygens (including phenoxy) is 1. The summed E-state index contributed by atoms with van der Waals surface area (Å²) >= 11 is 5.61. The van der Waals surface area contributed by atoms with Gasteiger partial charge in [-0.1, -0.05) is 11.6 Å². The van der Waals surface area contributed by atoms with Crippen molar-refractivity contribution in [1.29, 1.82) is 0 Å². The largest absolute Gasteiger partial charge is 0.484 e. The number of aliphatic hydroxyl groups is 1. The molecule has 3 N–H and O–H groups in total. The lowest BCUT2D eigenvalue weighted by atomic mass is 9.44. The second-order valence-corrected chi connectivity index (χ2v) is 7.98. The molecule has 0 radical (unpaired) electrons. The van der Waals surface area contributed by atoms with Crippen LogP contribution in [0.1, 0.15) is 36.8 Å². The molecule has 1 heterocycles. The zero-order valence-electron chi connectivity index (χ0n) is 14.7. The molecule has 0 aliphatic heterocycles. The summed E-state index contributed by atoms with van der Waals surface area (Å²) in [5.41, 5.74) is 0.526. The number of halogens is 2. The number of carbonyl (C=O) groups excluding carboxylic acids is 1. The fraction of sp³-hybridized carbons (Fsp3) is 0.421. The first-order chi connectivity index (χ1) is 12.8. The van der Waals surface area contributed by atoms with Crippen LogP contribution in [0.4, 0.5) is 4.39 Å². The summed E-state index contributed by atoms with van der Waals surface area (Å²) in [6.45, 7) is 1.70. The Balaban J connectivity index is 1.23. The van der Waals surface area contributed by atoms with E-state index in [-0.39, 0.29) is 34.4 Å². The first kappa shape index (κ1) is 18.3. The van der Waals surface area contributed by atoms with Gasteiger partial charge in [-0.05, 0) is 49.9 Å². The molecule has 3 aliphatic rings. The Morgan fingerprint density at radius 3 is 2.74 bits per heavy atom. The van der Waals surface area contributed by atoms with Gasteiger partial charge in [-0.15, -0.1) is 0 Å². The third-order valence-corrected chi connectivity index (χ3v) is 5.47. The van der Waals surface area contributed by atoms with Crippen LogP contribution in [0.25, 0.3) is 0 Å². The zero-order chi connectivity index (χ0) is 19.2. The van der Waals surface area contributed by atoms with Crippen LogP contribution in [0.3, 0.4) is 0 Å². The van der Waals surface area contributed by atoms with Crippen LogP contribution >= 0.6 is 11.6 Å².